The van der Waals surface area contributed by atoms with Gasteiger partial charge in [-0.25, -0.2) is 0 Å². The quantitative estimate of drug-likeness (QED) is 0.892. The third kappa shape index (κ3) is 3.39. The molecular weight excluding hydrogens is 302 g/mol. The first kappa shape index (κ1) is 17.2. The zero-order valence-corrected chi connectivity index (χ0v) is 14.6. The van der Waals surface area contributed by atoms with Crippen LogP contribution in [0.1, 0.15) is 62.1 Å². The fourth-order valence-electron chi connectivity index (χ4n) is 4.46. The third-order valence-corrected chi connectivity index (χ3v) is 5.86. The number of carbonyl (C=O) groups excluding carboxylic acids is 2. The summed E-state index contributed by atoms with van der Waals surface area (Å²) < 4.78 is 0. The van der Waals surface area contributed by atoms with E-state index < -0.39 is 5.54 Å². The van der Waals surface area contributed by atoms with Gasteiger partial charge in [-0.15, -0.1) is 0 Å². The van der Waals surface area contributed by atoms with Gasteiger partial charge in [-0.05, 0) is 68.1 Å². The third-order valence-electron chi connectivity index (χ3n) is 5.86. The summed E-state index contributed by atoms with van der Waals surface area (Å²) in [6, 6.07) is 6.64. The number of aliphatic hydroxyl groups excluding tert-OH is 1. The van der Waals surface area contributed by atoms with Gasteiger partial charge < -0.3 is 10.4 Å². The number of Topliss-reactive ketones (excluding diaryl/α,β-unsaturated/α-hetero) is 1. The van der Waals surface area contributed by atoms with Crippen LogP contribution in [-0.2, 0) is 22.4 Å². The molecule has 1 aromatic rings. The summed E-state index contributed by atoms with van der Waals surface area (Å²) in [5, 5.41) is 12.7. The maximum Gasteiger partial charge on any atom is 0.217 e. The minimum absolute atomic E-state index is 0.00564. The number of fused-ring (bicyclic) bond motifs is 1. The standard InChI is InChI=1S/C20H27NO3/c1-13(23)15-3-4-17-10-18(6-5-16(17)9-15)19-7-8-20(11-19,12-22)21-14(2)24/h5-6,10,15,19,22H,3-4,7-9,11-12H2,1-2H3,(H,21,24)/t15-,19+,20-/m1/s1. The zero-order valence-electron chi connectivity index (χ0n) is 14.6. The van der Waals surface area contributed by atoms with Gasteiger partial charge in [-0.1, -0.05) is 18.2 Å². The Labute approximate surface area is 143 Å². The molecule has 1 amide bonds. The molecule has 2 N–H and O–H groups in total. The summed E-state index contributed by atoms with van der Waals surface area (Å²) in [6.07, 6.45) is 5.37. The largest absolute Gasteiger partial charge is 0.394 e. The SMILES string of the molecule is CC(=O)N[C@]1(CO)CC[C@H](c2ccc3c(c2)CC[C@@H](C(C)=O)C3)C1. The van der Waals surface area contributed by atoms with Gasteiger partial charge in [0, 0.05) is 12.8 Å². The average molecular weight is 329 g/mol. The lowest BCUT2D eigenvalue weighted by Gasteiger charge is -2.28. The van der Waals surface area contributed by atoms with E-state index >= 15 is 0 Å². The van der Waals surface area contributed by atoms with Crippen molar-refractivity contribution in [2.75, 3.05) is 6.61 Å². The number of hydrogen-bond acceptors (Lipinski definition) is 3. The highest BCUT2D eigenvalue weighted by Gasteiger charge is 2.40. The van der Waals surface area contributed by atoms with E-state index in [4.69, 9.17) is 0 Å². The number of benzene rings is 1. The second-order valence-corrected chi connectivity index (χ2v) is 7.64. The summed E-state index contributed by atoms with van der Waals surface area (Å²) in [5.74, 6) is 0.769. The van der Waals surface area contributed by atoms with E-state index in [0.29, 0.717) is 11.7 Å². The van der Waals surface area contributed by atoms with Gasteiger partial charge in [-0.2, -0.15) is 0 Å². The maximum atomic E-state index is 11.6. The van der Waals surface area contributed by atoms with E-state index in [1.807, 2.05) is 0 Å². The number of nitrogens with one attached hydrogen (secondary N) is 1. The van der Waals surface area contributed by atoms with Crippen LogP contribution in [0, 0.1) is 5.92 Å². The molecular formula is C20H27NO3. The molecule has 1 saturated carbocycles. The first-order valence-electron chi connectivity index (χ1n) is 8.94. The average Bonchev–Trinajstić information content (AvgIpc) is 2.97. The van der Waals surface area contributed by atoms with E-state index in [2.05, 4.69) is 23.5 Å². The molecule has 0 bridgehead atoms. The molecule has 2 aliphatic carbocycles. The lowest BCUT2D eigenvalue weighted by atomic mass is 9.80. The summed E-state index contributed by atoms with van der Waals surface area (Å²) in [6.45, 7) is 3.20. The van der Waals surface area contributed by atoms with Crippen molar-refractivity contribution in [2.45, 2.75) is 63.8 Å². The first-order chi connectivity index (χ1) is 11.4. The van der Waals surface area contributed by atoms with Crippen molar-refractivity contribution >= 4 is 11.7 Å². The Balaban J connectivity index is 1.75. The molecule has 0 aromatic heterocycles. The van der Waals surface area contributed by atoms with E-state index in [0.717, 1.165) is 38.5 Å². The van der Waals surface area contributed by atoms with Gasteiger partial charge in [0.2, 0.25) is 5.91 Å². The van der Waals surface area contributed by atoms with Gasteiger partial charge in [0.25, 0.3) is 0 Å². The smallest absolute Gasteiger partial charge is 0.217 e. The Bertz CT molecular complexity index is 654. The minimum atomic E-state index is -0.466. The van der Waals surface area contributed by atoms with Crippen LogP contribution < -0.4 is 5.32 Å². The molecule has 0 radical (unpaired) electrons. The zero-order chi connectivity index (χ0) is 17.3. The number of amides is 1. The molecule has 0 heterocycles. The molecule has 2 aliphatic rings. The number of ketones is 1. The molecule has 3 rings (SSSR count). The van der Waals surface area contributed by atoms with Crippen molar-refractivity contribution in [3.8, 4) is 0 Å². The Morgan fingerprint density at radius 3 is 2.71 bits per heavy atom. The highest BCUT2D eigenvalue weighted by molar-refractivity contribution is 5.79. The van der Waals surface area contributed by atoms with E-state index in [1.54, 1.807) is 6.92 Å². The molecule has 4 nitrogen and oxygen atoms in total. The number of aliphatic hydroxyl groups is 1. The van der Waals surface area contributed by atoms with Crippen molar-refractivity contribution in [1.29, 1.82) is 0 Å². The topological polar surface area (TPSA) is 66.4 Å². The lowest BCUT2D eigenvalue weighted by Crippen LogP contribution is -2.48. The van der Waals surface area contributed by atoms with E-state index in [-0.39, 0.29) is 18.4 Å². The summed E-state index contributed by atoms with van der Waals surface area (Å²) >= 11 is 0. The van der Waals surface area contributed by atoms with Crippen LogP contribution in [0.3, 0.4) is 0 Å². The number of aryl methyl sites for hydroxylation is 1. The van der Waals surface area contributed by atoms with Gasteiger partial charge in [0.15, 0.2) is 0 Å². The molecule has 3 atom stereocenters. The minimum Gasteiger partial charge on any atom is -0.394 e. The predicted octanol–water partition coefficient (Wildman–Crippen LogP) is 2.52. The van der Waals surface area contributed by atoms with Crippen LogP contribution in [0.5, 0.6) is 0 Å². The number of carbonyl (C=O) groups is 2. The highest BCUT2D eigenvalue weighted by Crippen LogP contribution is 2.42. The Hall–Kier alpha value is -1.68. The van der Waals surface area contributed by atoms with Gasteiger partial charge in [0.05, 0.1) is 12.1 Å². The molecule has 1 fully saturated rings. The predicted molar refractivity (Wildman–Crippen MR) is 92.9 cm³/mol. The van der Waals surface area contributed by atoms with E-state index in [1.165, 1.54) is 23.6 Å². The fourth-order valence-corrected chi connectivity index (χ4v) is 4.46. The Morgan fingerprint density at radius 2 is 2.04 bits per heavy atom. The van der Waals surface area contributed by atoms with Crippen LogP contribution in [0.25, 0.3) is 0 Å². The molecule has 0 unspecified atom stereocenters. The second kappa shape index (κ2) is 6.67. The molecule has 4 heteroatoms. The highest BCUT2D eigenvalue weighted by atomic mass is 16.3. The van der Waals surface area contributed by atoms with Gasteiger partial charge in [-0.3, -0.25) is 9.59 Å². The molecule has 0 aliphatic heterocycles. The molecule has 0 spiro atoms. The van der Waals surface area contributed by atoms with Crippen LogP contribution >= 0.6 is 0 Å². The summed E-state index contributed by atoms with van der Waals surface area (Å²) in [4.78, 5) is 23.1. The molecule has 130 valence electrons. The van der Waals surface area contributed by atoms with Crippen LogP contribution in [-0.4, -0.2) is 28.9 Å². The van der Waals surface area contributed by atoms with Crippen molar-refractivity contribution in [1.82, 2.24) is 5.32 Å². The van der Waals surface area contributed by atoms with Crippen molar-refractivity contribution < 1.29 is 14.7 Å². The second-order valence-electron chi connectivity index (χ2n) is 7.64. The van der Waals surface area contributed by atoms with Crippen molar-refractivity contribution in [3.05, 3.63) is 34.9 Å². The lowest BCUT2D eigenvalue weighted by molar-refractivity contribution is -0.122. The first-order valence-corrected chi connectivity index (χ1v) is 8.94. The van der Waals surface area contributed by atoms with Gasteiger partial charge >= 0.3 is 0 Å². The van der Waals surface area contributed by atoms with E-state index in [9.17, 15) is 14.7 Å². The van der Waals surface area contributed by atoms with Crippen molar-refractivity contribution in [2.24, 2.45) is 5.92 Å². The Kier molecular flexibility index (Phi) is 4.77. The normalized spacial score (nSPS) is 29.1. The van der Waals surface area contributed by atoms with Gasteiger partial charge in [0.1, 0.15) is 5.78 Å². The Morgan fingerprint density at radius 1 is 1.25 bits per heavy atom. The fraction of sp³-hybridized carbons (Fsp3) is 0.600. The summed E-state index contributed by atoms with van der Waals surface area (Å²) in [7, 11) is 0. The maximum absolute atomic E-state index is 11.6. The number of rotatable bonds is 4. The molecule has 0 saturated heterocycles. The van der Waals surface area contributed by atoms with Crippen LogP contribution in [0.2, 0.25) is 0 Å². The molecule has 1 aromatic carbocycles. The molecule has 24 heavy (non-hydrogen) atoms. The van der Waals surface area contributed by atoms with Crippen LogP contribution in [0.15, 0.2) is 18.2 Å². The van der Waals surface area contributed by atoms with Crippen LogP contribution in [0.4, 0.5) is 0 Å². The number of hydrogen-bond donors (Lipinski definition) is 2. The summed E-state index contributed by atoms with van der Waals surface area (Å²) in [5.41, 5.74) is 3.51. The van der Waals surface area contributed by atoms with Crippen molar-refractivity contribution in [3.63, 3.8) is 0 Å². The monoisotopic (exact) mass is 329 g/mol.